The van der Waals surface area contributed by atoms with Crippen molar-refractivity contribution in [1.82, 2.24) is 24.9 Å². The zero-order valence-corrected chi connectivity index (χ0v) is 12.7. The first-order valence-corrected chi connectivity index (χ1v) is 7.37. The van der Waals surface area contributed by atoms with Gasteiger partial charge in [0, 0.05) is 26.2 Å². The molecule has 2 fully saturated rings. The molecule has 0 aliphatic carbocycles. The Kier molecular flexibility index (Phi) is 3.59. The number of hydrogen-bond donors (Lipinski definition) is 1. The average molecular weight is 305 g/mol. The van der Waals surface area contributed by atoms with Crippen LogP contribution >= 0.6 is 0 Å². The summed E-state index contributed by atoms with van der Waals surface area (Å²) in [5, 5.41) is 6.72. The van der Waals surface area contributed by atoms with Crippen molar-refractivity contribution in [1.29, 1.82) is 0 Å². The molecule has 0 aromatic carbocycles. The second-order valence-corrected chi connectivity index (χ2v) is 5.74. The molecule has 0 spiro atoms. The Morgan fingerprint density at radius 2 is 2.00 bits per heavy atom. The van der Waals surface area contributed by atoms with Crippen LogP contribution in [-0.2, 0) is 11.8 Å². The minimum Gasteiger partial charge on any atom is -0.337 e. The molecule has 0 bridgehead atoms. The molecule has 2 aliphatic rings. The van der Waals surface area contributed by atoms with Gasteiger partial charge in [-0.2, -0.15) is 5.10 Å². The molecular weight excluding hydrogens is 286 g/mol. The Hall–Kier alpha value is -2.38. The van der Waals surface area contributed by atoms with Gasteiger partial charge in [0.2, 0.25) is 5.91 Å². The largest absolute Gasteiger partial charge is 0.337 e. The first kappa shape index (κ1) is 14.6. The fraction of sp³-hybridized carbons (Fsp3) is 0.571. The topological polar surface area (TPSA) is 87.5 Å². The minimum atomic E-state index is -0.322. The van der Waals surface area contributed by atoms with E-state index in [0.29, 0.717) is 31.6 Å². The summed E-state index contributed by atoms with van der Waals surface area (Å²) in [4.78, 5) is 38.9. The molecule has 2 aliphatic heterocycles. The van der Waals surface area contributed by atoms with E-state index >= 15 is 0 Å². The van der Waals surface area contributed by atoms with Gasteiger partial charge in [-0.3, -0.25) is 19.2 Å². The van der Waals surface area contributed by atoms with Gasteiger partial charge >= 0.3 is 6.03 Å². The van der Waals surface area contributed by atoms with E-state index in [9.17, 15) is 14.4 Å². The first-order valence-electron chi connectivity index (χ1n) is 7.37. The highest BCUT2D eigenvalue weighted by Crippen LogP contribution is 2.20. The number of rotatable bonds is 2. The molecular formula is C14H19N5O3. The van der Waals surface area contributed by atoms with Gasteiger partial charge in [-0.05, 0) is 25.8 Å². The molecule has 1 aromatic heterocycles. The Bertz CT molecular complexity index is 614. The standard InChI is InChI=1S/C14H19N5O3/c1-9-7-11(17(2)16-9)13(21)18-5-3-10(4-6-18)19-12(20)8-15-14(19)22/h7,10H,3-6,8H2,1-2H3,(H,15,22). The van der Waals surface area contributed by atoms with Gasteiger partial charge in [0.25, 0.3) is 5.91 Å². The van der Waals surface area contributed by atoms with E-state index in [1.165, 1.54) is 4.90 Å². The quantitative estimate of drug-likeness (QED) is 0.772. The lowest BCUT2D eigenvalue weighted by Gasteiger charge is -2.35. The summed E-state index contributed by atoms with van der Waals surface area (Å²) in [6.07, 6.45) is 1.23. The normalized spacial score (nSPS) is 19.7. The lowest BCUT2D eigenvalue weighted by atomic mass is 10.0. The third-order valence-corrected chi connectivity index (χ3v) is 4.22. The van der Waals surface area contributed by atoms with Crippen LogP contribution in [0, 0.1) is 6.92 Å². The van der Waals surface area contributed by atoms with Crippen LogP contribution in [0.4, 0.5) is 4.79 Å². The van der Waals surface area contributed by atoms with Crippen LogP contribution in [0.1, 0.15) is 29.0 Å². The van der Waals surface area contributed by atoms with Crippen LogP contribution in [0.3, 0.4) is 0 Å². The lowest BCUT2D eigenvalue weighted by Crippen LogP contribution is -2.49. The van der Waals surface area contributed by atoms with Gasteiger partial charge in [0.15, 0.2) is 0 Å². The zero-order chi connectivity index (χ0) is 15.9. The van der Waals surface area contributed by atoms with E-state index in [0.717, 1.165) is 5.69 Å². The van der Waals surface area contributed by atoms with Crippen molar-refractivity contribution >= 4 is 17.8 Å². The van der Waals surface area contributed by atoms with Gasteiger partial charge < -0.3 is 10.2 Å². The molecule has 3 heterocycles. The summed E-state index contributed by atoms with van der Waals surface area (Å²) in [6, 6.07) is 1.33. The van der Waals surface area contributed by atoms with Crippen molar-refractivity contribution in [2.75, 3.05) is 19.6 Å². The number of likely N-dealkylation sites (tertiary alicyclic amines) is 1. The van der Waals surface area contributed by atoms with Crippen LogP contribution < -0.4 is 5.32 Å². The number of imide groups is 1. The SMILES string of the molecule is Cc1cc(C(=O)N2CCC(N3C(=O)CNC3=O)CC2)n(C)n1. The summed E-state index contributed by atoms with van der Waals surface area (Å²) in [6.45, 7) is 2.99. The predicted molar refractivity (Wildman–Crippen MR) is 77.1 cm³/mol. The fourth-order valence-corrected chi connectivity index (χ4v) is 3.10. The average Bonchev–Trinajstić information content (AvgIpc) is 3.00. The van der Waals surface area contributed by atoms with Crippen LogP contribution in [0.5, 0.6) is 0 Å². The maximum atomic E-state index is 12.5. The van der Waals surface area contributed by atoms with Crippen LogP contribution in [-0.4, -0.2) is 63.1 Å². The molecule has 0 radical (unpaired) electrons. The molecule has 4 amide bonds. The fourth-order valence-electron chi connectivity index (χ4n) is 3.10. The number of urea groups is 1. The molecule has 3 rings (SSSR count). The maximum Gasteiger partial charge on any atom is 0.324 e. The van der Waals surface area contributed by atoms with E-state index in [-0.39, 0.29) is 30.4 Å². The first-order chi connectivity index (χ1) is 10.5. The lowest BCUT2D eigenvalue weighted by molar-refractivity contribution is -0.127. The number of hydrogen-bond acceptors (Lipinski definition) is 4. The highest BCUT2D eigenvalue weighted by Gasteiger charge is 2.37. The Labute approximate surface area is 128 Å². The van der Waals surface area contributed by atoms with E-state index < -0.39 is 0 Å². The molecule has 1 aromatic rings. The molecule has 118 valence electrons. The number of carbonyl (C=O) groups is 3. The van der Waals surface area contributed by atoms with Gasteiger partial charge in [-0.15, -0.1) is 0 Å². The number of nitrogens with zero attached hydrogens (tertiary/aromatic N) is 4. The second kappa shape index (κ2) is 5.43. The van der Waals surface area contributed by atoms with E-state index in [4.69, 9.17) is 0 Å². The van der Waals surface area contributed by atoms with E-state index in [1.807, 2.05) is 6.92 Å². The molecule has 0 atom stereocenters. The van der Waals surface area contributed by atoms with Crippen LogP contribution in [0.15, 0.2) is 6.07 Å². The van der Waals surface area contributed by atoms with Crippen molar-refractivity contribution in [3.63, 3.8) is 0 Å². The van der Waals surface area contributed by atoms with Crippen molar-refractivity contribution < 1.29 is 14.4 Å². The van der Waals surface area contributed by atoms with Crippen LogP contribution in [0.25, 0.3) is 0 Å². The van der Waals surface area contributed by atoms with E-state index in [1.54, 1.807) is 22.7 Å². The Morgan fingerprint density at radius 3 is 2.50 bits per heavy atom. The Morgan fingerprint density at radius 1 is 1.32 bits per heavy atom. The van der Waals surface area contributed by atoms with Gasteiger partial charge in [0.05, 0.1) is 12.2 Å². The molecule has 1 N–H and O–H groups in total. The molecule has 8 heteroatoms. The second-order valence-electron chi connectivity index (χ2n) is 5.74. The van der Waals surface area contributed by atoms with Gasteiger partial charge in [0.1, 0.15) is 5.69 Å². The van der Waals surface area contributed by atoms with E-state index in [2.05, 4.69) is 10.4 Å². The summed E-state index contributed by atoms with van der Waals surface area (Å²) in [7, 11) is 1.75. The third-order valence-electron chi connectivity index (χ3n) is 4.22. The highest BCUT2D eigenvalue weighted by atomic mass is 16.2. The number of aryl methyl sites for hydroxylation is 2. The minimum absolute atomic E-state index is 0.0567. The van der Waals surface area contributed by atoms with Gasteiger partial charge in [-0.1, -0.05) is 0 Å². The third kappa shape index (κ3) is 2.44. The predicted octanol–water partition coefficient (Wildman–Crippen LogP) is -0.115. The number of carbonyl (C=O) groups excluding carboxylic acids is 3. The monoisotopic (exact) mass is 305 g/mol. The van der Waals surface area contributed by atoms with Gasteiger partial charge in [-0.25, -0.2) is 4.79 Å². The summed E-state index contributed by atoms with van der Waals surface area (Å²) in [5.41, 5.74) is 1.37. The molecule has 22 heavy (non-hydrogen) atoms. The van der Waals surface area contributed by atoms with Crippen molar-refractivity contribution in [3.8, 4) is 0 Å². The smallest absolute Gasteiger partial charge is 0.324 e. The molecule has 0 unspecified atom stereocenters. The summed E-state index contributed by atoms with van der Waals surface area (Å²) in [5.74, 6) is -0.240. The number of piperidine rings is 1. The maximum absolute atomic E-state index is 12.5. The number of nitrogens with one attached hydrogen (secondary N) is 1. The number of amides is 4. The zero-order valence-electron chi connectivity index (χ0n) is 12.7. The molecule has 0 saturated carbocycles. The molecule has 2 saturated heterocycles. The number of aromatic nitrogens is 2. The summed E-state index contributed by atoms with van der Waals surface area (Å²) < 4.78 is 1.58. The van der Waals surface area contributed by atoms with Crippen molar-refractivity contribution in [2.45, 2.75) is 25.8 Å². The summed E-state index contributed by atoms with van der Waals surface area (Å²) >= 11 is 0. The Balaban J connectivity index is 1.64. The molecule has 8 nitrogen and oxygen atoms in total. The van der Waals surface area contributed by atoms with Crippen LogP contribution in [0.2, 0.25) is 0 Å². The van der Waals surface area contributed by atoms with Crippen molar-refractivity contribution in [2.24, 2.45) is 7.05 Å². The highest BCUT2D eigenvalue weighted by molar-refractivity contribution is 6.02. The van der Waals surface area contributed by atoms with Crippen molar-refractivity contribution in [3.05, 3.63) is 17.5 Å².